The van der Waals surface area contributed by atoms with E-state index in [1.807, 2.05) is 12.1 Å². The lowest BCUT2D eigenvalue weighted by Gasteiger charge is -2.30. The Balaban J connectivity index is 0.00000312. The standard InChI is InChI=1S/C20H32N2O2.ClH/c1-24-18-10-8-9-17(15-18)20(12-5-6-13-20)16-22-19(23)11-4-2-3-7-14-21;/h8-10,15H,2-7,11-14,16,21H2,1H3,(H,22,23);1H. The quantitative estimate of drug-likeness (QED) is 0.614. The van der Waals surface area contributed by atoms with E-state index in [0.717, 1.165) is 57.4 Å². The van der Waals surface area contributed by atoms with Gasteiger partial charge in [0, 0.05) is 18.4 Å². The van der Waals surface area contributed by atoms with E-state index in [1.165, 1.54) is 18.4 Å². The summed E-state index contributed by atoms with van der Waals surface area (Å²) in [5.74, 6) is 1.07. The number of halogens is 1. The number of carbonyl (C=O) groups excluding carboxylic acids is 1. The second kappa shape index (κ2) is 11.4. The number of methoxy groups -OCH3 is 1. The molecule has 1 aromatic rings. The highest BCUT2D eigenvalue weighted by Crippen LogP contribution is 2.41. The van der Waals surface area contributed by atoms with Crippen LogP contribution in [0.15, 0.2) is 24.3 Å². The lowest BCUT2D eigenvalue weighted by atomic mass is 9.78. The van der Waals surface area contributed by atoms with Crippen molar-refractivity contribution in [3.8, 4) is 5.75 Å². The molecule has 1 amide bonds. The monoisotopic (exact) mass is 368 g/mol. The van der Waals surface area contributed by atoms with Gasteiger partial charge >= 0.3 is 0 Å². The zero-order chi connectivity index (χ0) is 17.3. The molecule has 0 unspecified atom stereocenters. The van der Waals surface area contributed by atoms with Gasteiger partial charge in [0.05, 0.1) is 7.11 Å². The maximum atomic E-state index is 12.2. The summed E-state index contributed by atoms with van der Waals surface area (Å²) in [5, 5.41) is 3.19. The van der Waals surface area contributed by atoms with Crippen LogP contribution in [-0.4, -0.2) is 26.1 Å². The molecule has 1 aliphatic rings. The first-order valence-electron chi connectivity index (χ1n) is 9.31. The fourth-order valence-corrected chi connectivity index (χ4v) is 3.71. The Bertz CT molecular complexity index is 516. The Kier molecular flexibility index (Phi) is 9.91. The summed E-state index contributed by atoms with van der Waals surface area (Å²) in [6, 6.07) is 8.33. The summed E-state index contributed by atoms with van der Waals surface area (Å²) in [5.41, 5.74) is 6.86. The molecule has 1 saturated carbocycles. The summed E-state index contributed by atoms with van der Waals surface area (Å²) in [4.78, 5) is 12.2. The van der Waals surface area contributed by atoms with Gasteiger partial charge in [-0.05, 0) is 49.9 Å². The third-order valence-corrected chi connectivity index (χ3v) is 5.22. The predicted molar refractivity (Wildman–Crippen MR) is 106 cm³/mol. The summed E-state index contributed by atoms with van der Waals surface area (Å²) in [7, 11) is 1.70. The Morgan fingerprint density at radius 1 is 1.20 bits per heavy atom. The number of unbranched alkanes of at least 4 members (excludes halogenated alkanes) is 3. The molecular weight excluding hydrogens is 336 g/mol. The normalized spacial score (nSPS) is 15.4. The van der Waals surface area contributed by atoms with Crippen LogP contribution in [0.1, 0.15) is 63.4 Å². The van der Waals surface area contributed by atoms with E-state index in [4.69, 9.17) is 10.5 Å². The molecule has 4 nitrogen and oxygen atoms in total. The molecule has 0 saturated heterocycles. The number of benzene rings is 1. The second-order valence-electron chi connectivity index (χ2n) is 6.95. The molecule has 0 spiro atoms. The zero-order valence-corrected chi connectivity index (χ0v) is 16.2. The summed E-state index contributed by atoms with van der Waals surface area (Å²) in [6.45, 7) is 1.48. The number of carbonyl (C=O) groups is 1. The second-order valence-corrected chi connectivity index (χ2v) is 6.95. The van der Waals surface area contributed by atoms with Crippen LogP contribution in [0.4, 0.5) is 0 Å². The van der Waals surface area contributed by atoms with Crippen LogP contribution in [-0.2, 0) is 10.2 Å². The maximum Gasteiger partial charge on any atom is 0.220 e. The first-order chi connectivity index (χ1) is 11.7. The summed E-state index contributed by atoms with van der Waals surface area (Å²) in [6.07, 6.45) is 9.58. The minimum Gasteiger partial charge on any atom is -0.497 e. The highest BCUT2D eigenvalue weighted by Gasteiger charge is 2.36. The number of hydrogen-bond donors (Lipinski definition) is 2. The fraction of sp³-hybridized carbons (Fsp3) is 0.650. The number of amides is 1. The van der Waals surface area contributed by atoms with Crippen molar-refractivity contribution in [1.82, 2.24) is 5.32 Å². The molecule has 2 rings (SSSR count). The average molecular weight is 369 g/mol. The lowest BCUT2D eigenvalue weighted by Crippen LogP contribution is -2.39. The van der Waals surface area contributed by atoms with Crippen LogP contribution in [0, 0.1) is 0 Å². The van der Waals surface area contributed by atoms with Gasteiger partial charge in [-0.25, -0.2) is 0 Å². The molecule has 1 aliphatic carbocycles. The van der Waals surface area contributed by atoms with Crippen LogP contribution < -0.4 is 15.8 Å². The number of ether oxygens (including phenoxy) is 1. The number of rotatable bonds is 10. The molecular formula is C20H33ClN2O2. The molecule has 3 N–H and O–H groups in total. The molecule has 5 heteroatoms. The molecule has 25 heavy (non-hydrogen) atoms. The zero-order valence-electron chi connectivity index (χ0n) is 15.4. The Labute approximate surface area is 158 Å². The van der Waals surface area contributed by atoms with Crippen molar-refractivity contribution in [3.05, 3.63) is 29.8 Å². The minimum absolute atomic E-state index is 0. The smallest absolute Gasteiger partial charge is 0.220 e. The van der Waals surface area contributed by atoms with Crippen molar-refractivity contribution in [2.45, 2.75) is 63.2 Å². The predicted octanol–water partition coefficient (Wildman–Crippen LogP) is 3.95. The van der Waals surface area contributed by atoms with Crippen LogP contribution in [0.2, 0.25) is 0 Å². The van der Waals surface area contributed by atoms with Crippen molar-refractivity contribution >= 4 is 18.3 Å². The van der Waals surface area contributed by atoms with Crippen molar-refractivity contribution in [3.63, 3.8) is 0 Å². The van der Waals surface area contributed by atoms with Crippen molar-refractivity contribution in [1.29, 1.82) is 0 Å². The van der Waals surface area contributed by atoms with Crippen molar-refractivity contribution < 1.29 is 9.53 Å². The fourth-order valence-electron chi connectivity index (χ4n) is 3.71. The highest BCUT2D eigenvalue weighted by molar-refractivity contribution is 5.85. The Morgan fingerprint density at radius 2 is 1.92 bits per heavy atom. The molecule has 142 valence electrons. The van der Waals surface area contributed by atoms with E-state index in [0.29, 0.717) is 6.42 Å². The molecule has 1 aromatic carbocycles. The molecule has 0 atom stereocenters. The average Bonchev–Trinajstić information content (AvgIpc) is 3.10. The van der Waals surface area contributed by atoms with Gasteiger partial charge in [0.2, 0.25) is 5.91 Å². The van der Waals surface area contributed by atoms with E-state index in [-0.39, 0.29) is 23.7 Å². The van der Waals surface area contributed by atoms with Gasteiger partial charge in [0.1, 0.15) is 5.75 Å². The van der Waals surface area contributed by atoms with E-state index in [2.05, 4.69) is 17.4 Å². The highest BCUT2D eigenvalue weighted by atomic mass is 35.5. The largest absolute Gasteiger partial charge is 0.497 e. The third kappa shape index (κ3) is 6.52. The van der Waals surface area contributed by atoms with Crippen LogP contribution in [0.5, 0.6) is 5.75 Å². The van der Waals surface area contributed by atoms with Gasteiger partial charge < -0.3 is 15.8 Å². The first-order valence-corrected chi connectivity index (χ1v) is 9.31. The van der Waals surface area contributed by atoms with Crippen LogP contribution >= 0.6 is 12.4 Å². The first kappa shape index (κ1) is 21.8. The molecule has 0 heterocycles. The van der Waals surface area contributed by atoms with Crippen molar-refractivity contribution in [2.24, 2.45) is 5.73 Å². The lowest BCUT2D eigenvalue weighted by molar-refractivity contribution is -0.121. The Morgan fingerprint density at radius 3 is 2.60 bits per heavy atom. The van der Waals surface area contributed by atoms with E-state index < -0.39 is 0 Å². The topological polar surface area (TPSA) is 64.3 Å². The van der Waals surface area contributed by atoms with Gasteiger partial charge in [0.15, 0.2) is 0 Å². The number of nitrogens with two attached hydrogens (primary N) is 1. The van der Waals surface area contributed by atoms with Gasteiger partial charge in [-0.1, -0.05) is 37.8 Å². The molecule has 1 fully saturated rings. The van der Waals surface area contributed by atoms with Gasteiger partial charge in [-0.2, -0.15) is 0 Å². The minimum atomic E-state index is 0. The SMILES string of the molecule is COc1cccc(C2(CNC(=O)CCCCCCN)CCCC2)c1.Cl. The van der Waals surface area contributed by atoms with Gasteiger partial charge in [0.25, 0.3) is 0 Å². The molecule has 0 aromatic heterocycles. The van der Waals surface area contributed by atoms with Gasteiger partial charge in [-0.15, -0.1) is 12.4 Å². The van der Waals surface area contributed by atoms with Crippen LogP contribution in [0.3, 0.4) is 0 Å². The van der Waals surface area contributed by atoms with Crippen LogP contribution in [0.25, 0.3) is 0 Å². The number of nitrogens with one attached hydrogen (secondary N) is 1. The van der Waals surface area contributed by atoms with E-state index in [1.54, 1.807) is 7.11 Å². The van der Waals surface area contributed by atoms with Gasteiger partial charge in [-0.3, -0.25) is 4.79 Å². The third-order valence-electron chi connectivity index (χ3n) is 5.22. The molecule has 0 radical (unpaired) electrons. The molecule has 0 aliphatic heterocycles. The Hall–Kier alpha value is -1.26. The maximum absolute atomic E-state index is 12.2. The molecule has 0 bridgehead atoms. The van der Waals surface area contributed by atoms with E-state index in [9.17, 15) is 4.79 Å². The van der Waals surface area contributed by atoms with Crippen molar-refractivity contribution in [2.75, 3.05) is 20.2 Å². The summed E-state index contributed by atoms with van der Waals surface area (Å²) < 4.78 is 5.37. The van der Waals surface area contributed by atoms with E-state index >= 15 is 0 Å². The summed E-state index contributed by atoms with van der Waals surface area (Å²) >= 11 is 0. The number of hydrogen-bond acceptors (Lipinski definition) is 3.